The average Bonchev–Trinajstić information content (AvgIpc) is 2.04. The van der Waals surface area contributed by atoms with Gasteiger partial charge in [-0.2, -0.15) is 5.10 Å². The second-order valence-corrected chi connectivity index (χ2v) is 3.54. The Morgan fingerprint density at radius 3 is 2.54 bits per heavy atom. The molecule has 2 nitrogen and oxygen atoms in total. The molecule has 0 amide bonds. The molecule has 1 aromatic carbocycles. The lowest BCUT2D eigenvalue weighted by molar-refractivity contribution is 0.876. The van der Waals surface area contributed by atoms with E-state index in [9.17, 15) is 0 Å². The molecule has 70 valence electrons. The normalized spacial score (nSPS) is 12.2. The van der Waals surface area contributed by atoms with E-state index >= 15 is 0 Å². The Kier molecular flexibility index (Phi) is 3.07. The summed E-state index contributed by atoms with van der Waals surface area (Å²) in [7, 11) is 0. The van der Waals surface area contributed by atoms with Gasteiger partial charge in [0, 0.05) is 0 Å². The lowest BCUT2D eigenvalue weighted by atomic mass is 9.99. The number of nitrogens with zero attached hydrogens (tertiary/aromatic N) is 1. The first kappa shape index (κ1) is 9.78. The highest BCUT2D eigenvalue weighted by atomic mass is 15.1. The van der Waals surface area contributed by atoms with Gasteiger partial charge in [-0.15, -0.1) is 0 Å². The van der Waals surface area contributed by atoms with Crippen LogP contribution in [0.5, 0.6) is 0 Å². The van der Waals surface area contributed by atoms with Gasteiger partial charge in [0.15, 0.2) is 0 Å². The van der Waals surface area contributed by atoms with Crippen molar-refractivity contribution in [1.29, 1.82) is 0 Å². The van der Waals surface area contributed by atoms with Gasteiger partial charge in [-0.1, -0.05) is 43.7 Å². The summed E-state index contributed by atoms with van der Waals surface area (Å²) in [5.74, 6) is 5.71. The third-order valence-corrected chi connectivity index (χ3v) is 2.00. The fourth-order valence-corrected chi connectivity index (χ4v) is 1.36. The van der Waals surface area contributed by atoms with Crippen LogP contribution in [0.2, 0.25) is 0 Å². The largest absolute Gasteiger partial charge is 0.323 e. The van der Waals surface area contributed by atoms with Gasteiger partial charge in [-0.05, 0) is 18.4 Å². The van der Waals surface area contributed by atoms with Crippen molar-refractivity contribution in [3.8, 4) is 0 Å². The van der Waals surface area contributed by atoms with Crippen molar-refractivity contribution in [1.82, 2.24) is 0 Å². The summed E-state index contributed by atoms with van der Waals surface area (Å²) < 4.78 is 0. The summed E-state index contributed by atoms with van der Waals surface area (Å²) >= 11 is 0. The van der Waals surface area contributed by atoms with Gasteiger partial charge in [-0.25, -0.2) is 0 Å². The molecule has 0 unspecified atom stereocenters. The number of benzene rings is 1. The molecule has 13 heavy (non-hydrogen) atoms. The highest BCUT2D eigenvalue weighted by Crippen LogP contribution is 2.10. The third kappa shape index (κ3) is 2.31. The predicted octanol–water partition coefficient (Wildman–Crippen LogP) is 2.31. The molecular weight excluding hydrogens is 160 g/mol. The topological polar surface area (TPSA) is 38.4 Å². The van der Waals surface area contributed by atoms with Crippen molar-refractivity contribution >= 4 is 5.71 Å². The van der Waals surface area contributed by atoms with Crippen LogP contribution in [0.15, 0.2) is 29.4 Å². The molecule has 0 bridgehead atoms. The average molecular weight is 176 g/mol. The fourth-order valence-electron chi connectivity index (χ4n) is 1.36. The van der Waals surface area contributed by atoms with E-state index in [1.807, 2.05) is 12.1 Å². The number of aryl methyl sites for hydroxylation is 1. The molecule has 0 saturated heterocycles. The van der Waals surface area contributed by atoms with Crippen LogP contribution in [-0.2, 0) is 0 Å². The number of hydrogen-bond donors (Lipinski definition) is 1. The molecule has 2 heteroatoms. The van der Waals surface area contributed by atoms with Crippen LogP contribution in [0.4, 0.5) is 0 Å². The molecule has 0 fully saturated rings. The van der Waals surface area contributed by atoms with Gasteiger partial charge in [0.25, 0.3) is 0 Å². The fraction of sp³-hybridized carbons (Fsp3) is 0.364. The molecule has 0 aromatic heterocycles. The maximum Gasteiger partial charge on any atom is 0.0698 e. The van der Waals surface area contributed by atoms with E-state index in [1.165, 1.54) is 5.56 Å². The van der Waals surface area contributed by atoms with Gasteiger partial charge in [0.1, 0.15) is 0 Å². The van der Waals surface area contributed by atoms with E-state index in [0.717, 1.165) is 11.3 Å². The number of hydrogen-bond acceptors (Lipinski definition) is 2. The maximum absolute atomic E-state index is 5.34. The van der Waals surface area contributed by atoms with E-state index in [-0.39, 0.29) is 0 Å². The van der Waals surface area contributed by atoms with Gasteiger partial charge < -0.3 is 5.84 Å². The molecule has 0 aliphatic carbocycles. The molecule has 1 rings (SSSR count). The molecule has 1 aromatic rings. The molecule has 0 aliphatic heterocycles. The molecule has 0 spiro atoms. The smallest absolute Gasteiger partial charge is 0.0698 e. The summed E-state index contributed by atoms with van der Waals surface area (Å²) in [5, 5.41) is 3.82. The first-order valence-corrected chi connectivity index (χ1v) is 4.50. The minimum Gasteiger partial charge on any atom is -0.323 e. The number of nitrogens with two attached hydrogens (primary N) is 1. The van der Waals surface area contributed by atoms with Crippen molar-refractivity contribution in [3.63, 3.8) is 0 Å². The monoisotopic (exact) mass is 176 g/mol. The molecule has 0 atom stereocenters. The Labute approximate surface area is 79.5 Å². The zero-order valence-electron chi connectivity index (χ0n) is 8.41. The summed E-state index contributed by atoms with van der Waals surface area (Å²) in [6, 6.07) is 8.24. The van der Waals surface area contributed by atoms with Gasteiger partial charge in [0.2, 0.25) is 0 Å². The number of hydrazone groups is 1. The van der Waals surface area contributed by atoms with Crippen LogP contribution < -0.4 is 5.84 Å². The Morgan fingerprint density at radius 1 is 1.38 bits per heavy atom. The number of rotatable bonds is 2. The Balaban J connectivity index is 3.06. The second kappa shape index (κ2) is 4.08. The zero-order valence-corrected chi connectivity index (χ0v) is 8.41. The van der Waals surface area contributed by atoms with Crippen LogP contribution in [0.3, 0.4) is 0 Å². The van der Waals surface area contributed by atoms with Crippen LogP contribution in [0.25, 0.3) is 0 Å². The van der Waals surface area contributed by atoms with E-state index in [0.29, 0.717) is 5.92 Å². The van der Waals surface area contributed by atoms with Crippen molar-refractivity contribution < 1.29 is 0 Å². The van der Waals surface area contributed by atoms with Gasteiger partial charge in [-0.3, -0.25) is 0 Å². The van der Waals surface area contributed by atoms with E-state index in [4.69, 9.17) is 5.84 Å². The molecule has 0 heterocycles. The van der Waals surface area contributed by atoms with Crippen molar-refractivity contribution in [2.75, 3.05) is 0 Å². The van der Waals surface area contributed by atoms with Crippen molar-refractivity contribution in [2.45, 2.75) is 20.8 Å². The molecule has 0 saturated carbocycles. The third-order valence-electron chi connectivity index (χ3n) is 2.00. The van der Waals surface area contributed by atoms with Crippen LogP contribution in [0, 0.1) is 12.8 Å². The predicted molar refractivity (Wildman–Crippen MR) is 56.7 cm³/mol. The summed E-state index contributed by atoms with van der Waals surface area (Å²) in [5.41, 5.74) is 3.32. The minimum atomic E-state index is 0.367. The van der Waals surface area contributed by atoms with Crippen LogP contribution >= 0.6 is 0 Å². The molecular formula is C11H16N2. The molecule has 2 N–H and O–H groups in total. The Morgan fingerprint density at radius 2 is 2.08 bits per heavy atom. The Hall–Kier alpha value is -1.31. The second-order valence-electron chi connectivity index (χ2n) is 3.54. The first-order chi connectivity index (χ1) is 6.15. The van der Waals surface area contributed by atoms with E-state index < -0.39 is 0 Å². The van der Waals surface area contributed by atoms with Crippen LogP contribution in [0.1, 0.15) is 25.0 Å². The first-order valence-electron chi connectivity index (χ1n) is 4.50. The minimum absolute atomic E-state index is 0.367. The SMILES string of the molecule is Cc1cccc(C(=NN)C(C)C)c1. The zero-order chi connectivity index (χ0) is 9.84. The highest BCUT2D eigenvalue weighted by molar-refractivity contribution is 6.01. The lowest BCUT2D eigenvalue weighted by Crippen LogP contribution is -2.11. The Bertz CT molecular complexity index is 314. The quantitative estimate of drug-likeness (QED) is 0.419. The summed E-state index contributed by atoms with van der Waals surface area (Å²) in [6.07, 6.45) is 0. The summed E-state index contributed by atoms with van der Waals surface area (Å²) in [4.78, 5) is 0. The standard InChI is InChI=1S/C11H16N2/c1-8(2)11(13-12)10-6-4-5-9(3)7-10/h4-8H,12H2,1-3H3. The lowest BCUT2D eigenvalue weighted by Gasteiger charge is -2.09. The van der Waals surface area contributed by atoms with Crippen LogP contribution in [-0.4, -0.2) is 5.71 Å². The summed E-state index contributed by atoms with van der Waals surface area (Å²) in [6.45, 7) is 6.25. The maximum atomic E-state index is 5.34. The van der Waals surface area contributed by atoms with Gasteiger partial charge in [0.05, 0.1) is 5.71 Å². The van der Waals surface area contributed by atoms with Crippen molar-refractivity contribution in [3.05, 3.63) is 35.4 Å². The van der Waals surface area contributed by atoms with Crippen molar-refractivity contribution in [2.24, 2.45) is 16.9 Å². The molecule has 0 aliphatic rings. The van der Waals surface area contributed by atoms with E-state index in [2.05, 4.69) is 38.0 Å². The van der Waals surface area contributed by atoms with Gasteiger partial charge >= 0.3 is 0 Å². The van der Waals surface area contributed by atoms with E-state index in [1.54, 1.807) is 0 Å². The highest BCUT2D eigenvalue weighted by Gasteiger charge is 2.07. The molecule has 0 radical (unpaired) electrons.